The fraction of sp³-hybridized carbons (Fsp3) is 0.278. The van der Waals surface area contributed by atoms with Crippen LogP contribution >= 0.6 is 0 Å². The van der Waals surface area contributed by atoms with E-state index in [1.807, 2.05) is 18.2 Å². The third kappa shape index (κ3) is 4.38. The second-order valence-electron chi connectivity index (χ2n) is 6.90. The van der Waals surface area contributed by atoms with Crippen molar-refractivity contribution in [1.29, 1.82) is 0 Å². The van der Waals surface area contributed by atoms with Crippen LogP contribution in [-0.4, -0.2) is 42.3 Å². The number of anilines is 1. The average molecular weight is 368 g/mol. The molecule has 0 spiro atoms. The number of nitrogens with zero attached hydrogens (tertiary/aromatic N) is 5. The number of carbonyl (C=O) groups excluding carboxylic acids is 2. The summed E-state index contributed by atoms with van der Waals surface area (Å²) in [5.41, 5.74) is 0.174. The molecule has 0 aliphatic rings. The molecule has 0 saturated carbocycles. The number of amides is 1. The van der Waals surface area contributed by atoms with E-state index in [1.165, 1.54) is 15.4 Å². The van der Waals surface area contributed by atoms with E-state index in [0.29, 0.717) is 5.69 Å². The number of rotatable bonds is 4. The van der Waals surface area contributed by atoms with E-state index >= 15 is 0 Å². The van der Waals surface area contributed by atoms with Gasteiger partial charge in [0.25, 0.3) is 5.91 Å². The Morgan fingerprint density at radius 2 is 1.85 bits per heavy atom. The molecule has 3 rings (SSSR count). The highest BCUT2D eigenvalue weighted by Gasteiger charge is 2.25. The van der Waals surface area contributed by atoms with E-state index in [-0.39, 0.29) is 17.2 Å². The molecule has 1 amide bonds. The van der Waals surface area contributed by atoms with Gasteiger partial charge in [-0.2, -0.15) is 5.10 Å². The van der Waals surface area contributed by atoms with Crippen LogP contribution in [0.2, 0.25) is 0 Å². The number of esters is 1. The highest BCUT2D eigenvalue weighted by molar-refractivity contribution is 6.03. The Hall–Kier alpha value is -3.49. The number of carbonyl (C=O) groups is 2. The second-order valence-corrected chi connectivity index (χ2v) is 6.90. The Balaban J connectivity index is 1.96. The first kappa shape index (κ1) is 18.3. The maximum Gasteiger partial charge on any atom is 0.357 e. The largest absolute Gasteiger partial charge is 0.455 e. The molecule has 0 bridgehead atoms. The molecular formula is C18H20N6O3. The van der Waals surface area contributed by atoms with Gasteiger partial charge in [-0.15, -0.1) is 5.10 Å². The van der Waals surface area contributed by atoms with E-state index in [2.05, 4.69) is 20.7 Å². The van der Waals surface area contributed by atoms with Gasteiger partial charge in [-0.1, -0.05) is 23.4 Å². The summed E-state index contributed by atoms with van der Waals surface area (Å²) in [6, 6.07) is 10.4. The lowest BCUT2D eigenvalue weighted by Crippen LogP contribution is -2.25. The molecule has 0 fully saturated rings. The van der Waals surface area contributed by atoms with Gasteiger partial charge in [0.05, 0.1) is 11.9 Å². The zero-order chi connectivity index (χ0) is 19.6. The summed E-state index contributed by atoms with van der Waals surface area (Å²) in [5, 5.41) is 14.4. The summed E-state index contributed by atoms with van der Waals surface area (Å²) in [7, 11) is 1.69. The van der Waals surface area contributed by atoms with Crippen LogP contribution in [0, 0.1) is 0 Å². The number of aromatic nitrogens is 5. The van der Waals surface area contributed by atoms with Crippen molar-refractivity contribution in [2.24, 2.45) is 7.05 Å². The van der Waals surface area contributed by atoms with Crippen LogP contribution in [0.25, 0.3) is 5.69 Å². The topological polar surface area (TPSA) is 104 Å². The number of benzene rings is 1. The van der Waals surface area contributed by atoms with Crippen LogP contribution in [0.4, 0.5) is 5.82 Å². The minimum atomic E-state index is -0.676. The van der Waals surface area contributed by atoms with Crippen molar-refractivity contribution in [2.75, 3.05) is 5.32 Å². The van der Waals surface area contributed by atoms with Crippen LogP contribution < -0.4 is 5.32 Å². The molecule has 0 unspecified atom stereocenters. The third-order valence-electron chi connectivity index (χ3n) is 3.40. The van der Waals surface area contributed by atoms with E-state index in [1.54, 1.807) is 46.1 Å². The summed E-state index contributed by atoms with van der Waals surface area (Å²) in [6.45, 7) is 5.32. The smallest absolute Gasteiger partial charge is 0.357 e. The number of hydrogen-bond acceptors (Lipinski definition) is 6. The molecule has 3 aromatic rings. The van der Waals surface area contributed by atoms with Crippen molar-refractivity contribution >= 4 is 17.7 Å². The summed E-state index contributed by atoms with van der Waals surface area (Å²) in [4.78, 5) is 25.1. The van der Waals surface area contributed by atoms with Gasteiger partial charge in [-0.25, -0.2) is 9.48 Å². The predicted octanol–water partition coefficient (Wildman–Crippen LogP) is 2.21. The van der Waals surface area contributed by atoms with Crippen molar-refractivity contribution in [1.82, 2.24) is 24.8 Å². The molecule has 140 valence electrons. The number of ether oxygens (including phenoxy) is 1. The van der Waals surface area contributed by atoms with Gasteiger partial charge in [0.15, 0.2) is 17.2 Å². The molecule has 2 aromatic heterocycles. The van der Waals surface area contributed by atoms with Gasteiger partial charge in [0.2, 0.25) is 0 Å². The third-order valence-corrected chi connectivity index (χ3v) is 3.40. The van der Waals surface area contributed by atoms with Crippen molar-refractivity contribution in [3.8, 4) is 5.69 Å². The summed E-state index contributed by atoms with van der Waals surface area (Å²) in [6.07, 6.45) is 1.56. The normalized spacial score (nSPS) is 11.3. The maximum absolute atomic E-state index is 12.6. The Morgan fingerprint density at radius 3 is 2.44 bits per heavy atom. The molecule has 0 atom stereocenters. The molecule has 1 aromatic carbocycles. The lowest BCUT2D eigenvalue weighted by Gasteiger charge is -2.19. The maximum atomic E-state index is 12.6. The number of hydrogen-bond donors (Lipinski definition) is 1. The molecule has 2 heterocycles. The number of aryl methyl sites for hydroxylation is 1. The molecule has 1 N–H and O–H groups in total. The van der Waals surface area contributed by atoms with Gasteiger partial charge < -0.3 is 10.1 Å². The fourth-order valence-corrected chi connectivity index (χ4v) is 2.32. The summed E-state index contributed by atoms with van der Waals surface area (Å²) >= 11 is 0. The minimum Gasteiger partial charge on any atom is -0.455 e. The van der Waals surface area contributed by atoms with Crippen molar-refractivity contribution in [3.05, 3.63) is 54.0 Å². The van der Waals surface area contributed by atoms with Gasteiger partial charge >= 0.3 is 5.97 Å². The Labute approximate surface area is 155 Å². The predicted molar refractivity (Wildman–Crippen MR) is 97.7 cm³/mol. The standard InChI is InChI=1S/C18H20N6O3/c1-18(2,3)27-17(26)14-10-13(16(25)19-15-11-23(4)22-20-15)21-24(14)12-8-6-5-7-9-12/h5-11H,1-4H3,(H,19,25). The average Bonchev–Trinajstić information content (AvgIpc) is 3.21. The lowest BCUT2D eigenvalue weighted by molar-refractivity contribution is 0.00593. The molecule has 0 aliphatic carbocycles. The highest BCUT2D eigenvalue weighted by atomic mass is 16.6. The SMILES string of the molecule is Cn1cc(NC(=O)c2cc(C(=O)OC(C)(C)C)n(-c3ccccc3)n2)nn1. The molecular weight excluding hydrogens is 348 g/mol. The molecule has 0 saturated heterocycles. The van der Waals surface area contributed by atoms with E-state index in [9.17, 15) is 9.59 Å². The molecule has 9 nitrogen and oxygen atoms in total. The van der Waals surface area contributed by atoms with Gasteiger partial charge in [-0.3, -0.25) is 9.48 Å². The Bertz CT molecular complexity index is 969. The van der Waals surface area contributed by atoms with Crippen LogP contribution in [0.3, 0.4) is 0 Å². The van der Waals surface area contributed by atoms with Gasteiger partial charge in [0, 0.05) is 13.1 Å². The number of para-hydroxylation sites is 1. The zero-order valence-electron chi connectivity index (χ0n) is 15.5. The van der Waals surface area contributed by atoms with Crippen LogP contribution in [0.5, 0.6) is 0 Å². The fourth-order valence-electron chi connectivity index (χ4n) is 2.32. The second kappa shape index (κ2) is 7.02. The summed E-state index contributed by atoms with van der Waals surface area (Å²) < 4.78 is 8.29. The van der Waals surface area contributed by atoms with Crippen molar-refractivity contribution in [3.63, 3.8) is 0 Å². The molecule has 9 heteroatoms. The van der Waals surface area contributed by atoms with E-state index in [4.69, 9.17) is 4.74 Å². The van der Waals surface area contributed by atoms with Crippen LogP contribution in [0.1, 0.15) is 41.7 Å². The molecule has 0 aliphatic heterocycles. The van der Waals surface area contributed by atoms with E-state index < -0.39 is 17.5 Å². The monoisotopic (exact) mass is 368 g/mol. The van der Waals surface area contributed by atoms with Crippen molar-refractivity contribution in [2.45, 2.75) is 26.4 Å². The van der Waals surface area contributed by atoms with Crippen molar-refractivity contribution < 1.29 is 14.3 Å². The lowest BCUT2D eigenvalue weighted by atomic mass is 10.2. The Morgan fingerprint density at radius 1 is 1.15 bits per heavy atom. The quantitative estimate of drug-likeness (QED) is 0.708. The molecule has 0 radical (unpaired) electrons. The van der Waals surface area contributed by atoms with Crippen LogP contribution in [0.15, 0.2) is 42.6 Å². The first-order valence-corrected chi connectivity index (χ1v) is 8.29. The first-order chi connectivity index (χ1) is 12.7. The van der Waals surface area contributed by atoms with E-state index in [0.717, 1.165) is 0 Å². The van der Waals surface area contributed by atoms with Crippen LogP contribution in [-0.2, 0) is 11.8 Å². The summed E-state index contributed by atoms with van der Waals surface area (Å²) in [5.74, 6) is -0.789. The van der Waals surface area contributed by atoms with Gasteiger partial charge in [0.1, 0.15) is 5.60 Å². The highest BCUT2D eigenvalue weighted by Crippen LogP contribution is 2.18. The minimum absolute atomic E-state index is 0.0605. The zero-order valence-corrected chi connectivity index (χ0v) is 15.5. The Kier molecular flexibility index (Phi) is 4.76. The molecule has 27 heavy (non-hydrogen) atoms. The first-order valence-electron chi connectivity index (χ1n) is 8.29. The van der Waals surface area contributed by atoms with Gasteiger partial charge in [-0.05, 0) is 32.9 Å². The number of nitrogens with one attached hydrogen (secondary N) is 1.